The first-order valence-electron chi connectivity index (χ1n) is 15.5. The molecular formula is C35H36N6O8. The van der Waals surface area contributed by atoms with E-state index in [-0.39, 0.29) is 35.6 Å². The molecule has 1 fully saturated rings. The van der Waals surface area contributed by atoms with E-state index < -0.39 is 59.0 Å². The average molecular weight is 669 g/mol. The maximum atomic E-state index is 13.4. The first kappa shape index (κ1) is 34.3. The summed E-state index contributed by atoms with van der Waals surface area (Å²) >= 11 is 0. The van der Waals surface area contributed by atoms with Crippen LogP contribution < -0.4 is 31.7 Å². The fourth-order valence-corrected chi connectivity index (χ4v) is 5.37. The van der Waals surface area contributed by atoms with Gasteiger partial charge in [-0.2, -0.15) is 0 Å². The van der Waals surface area contributed by atoms with Crippen molar-refractivity contribution in [1.82, 2.24) is 15.5 Å². The van der Waals surface area contributed by atoms with Crippen molar-refractivity contribution in [2.75, 3.05) is 23.0 Å². The molecular weight excluding hydrogens is 632 g/mol. The van der Waals surface area contributed by atoms with Gasteiger partial charge in [0.15, 0.2) is 6.61 Å². The van der Waals surface area contributed by atoms with E-state index >= 15 is 0 Å². The molecule has 49 heavy (non-hydrogen) atoms. The number of piperidine rings is 1. The van der Waals surface area contributed by atoms with Gasteiger partial charge in [0.25, 0.3) is 23.6 Å². The molecule has 254 valence electrons. The van der Waals surface area contributed by atoms with Gasteiger partial charge in [0.05, 0.1) is 27.9 Å². The molecule has 0 bridgehead atoms. The van der Waals surface area contributed by atoms with Crippen LogP contribution in [0.15, 0.2) is 66.7 Å². The number of nitrogens with one attached hydrogen (secondary N) is 4. The van der Waals surface area contributed by atoms with Crippen LogP contribution in [0, 0.1) is 5.41 Å². The summed E-state index contributed by atoms with van der Waals surface area (Å²) in [5.74, 6) is -4.10. The van der Waals surface area contributed by atoms with Gasteiger partial charge in [-0.3, -0.25) is 43.8 Å². The maximum absolute atomic E-state index is 13.4. The number of imide groups is 2. The summed E-state index contributed by atoms with van der Waals surface area (Å²) in [5.41, 5.74) is 5.25. The minimum atomic E-state index is -1.16. The zero-order chi connectivity index (χ0) is 35.7. The maximum Gasteiger partial charge on any atom is 0.266 e. The third kappa shape index (κ3) is 6.84. The number of nitrogens with two attached hydrogens (primary N) is 1. The van der Waals surface area contributed by atoms with Gasteiger partial charge in [-0.15, -0.1) is 0 Å². The van der Waals surface area contributed by atoms with Crippen LogP contribution in [-0.2, 0) is 19.2 Å². The van der Waals surface area contributed by atoms with Crippen molar-refractivity contribution in [3.05, 3.63) is 83.4 Å². The van der Waals surface area contributed by atoms with Gasteiger partial charge in [-0.1, -0.05) is 18.2 Å². The van der Waals surface area contributed by atoms with E-state index in [1.54, 1.807) is 76.2 Å². The van der Waals surface area contributed by atoms with Crippen LogP contribution in [0.25, 0.3) is 0 Å². The van der Waals surface area contributed by atoms with Gasteiger partial charge >= 0.3 is 0 Å². The molecule has 2 aliphatic heterocycles. The number of carbonyl (C=O) groups excluding carboxylic acids is 7. The molecule has 2 heterocycles. The molecule has 0 aromatic heterocycles. The van der Waals surface area contributed by atoms with Gasteiger partial charge in [0.2, 0.25) is 17.7 Å². The fraction of sp³-hybridized carbons (Fsp3) is 0.286. The van der Waals surface area contributed by atoms with Gasteiger partial charge < -0.3 is 26.4 Å². The fourth-order valence-electron chi connectivity index (χ4n) is 5.37. The highest BCUT2D eigenvalue weighted by Gasteiger charge is 2.47. The smallest absolute Gasteiger partial charge is 0.266 e. The average Bonchev–Trinajstić information content (AvgIpc) is 3.30. The lowest BCUT2D eigenvalue weighted by atomic mass is 9.73. The molecule has 7 amide bonds. The van der Waals surface area contributed by atoms with Crippen LogP contribution in [0.4, 0.5) is 17.1 Å². The van der Waals surface area contributed by atoms with Gasteiger partial charge in [-0.25, -0.2) is 0 Å². The molecule has 6 N–H and O–H groups in total. The number of hydrogen-bond donors (Lipinski definition) is 5. The molecule has 3 aromatic carbocycles. The number of fused-ring (bicyclic) bond motifs is 1. The van der Waals surface area contributed by atoms with Crippen molar-refractivity contribution >= 4 is 58.4 Å². The summed E-state index contributed by atoms with van der Waals surface area (Å²) in [6, 6.07) is 16.4. The summed E-state index contributed by atoms with van der Waals surface area (Å²) in [7, 11) is 0. The Balaban J connectivity index is 1.19. The normalized spacial score (nSPS) is 16.1. The molecule has 1 saturated heterocycles. The second kappa shape index (κ2) is 13.2. The predicted molar refractivity (Wildman–Crippen MR) is 178 cm³/mol. The summed E-state index contributed by atoms with van der Waals surface area (Å²) in [5, 5.41) is 10.5. The van der Waals surface area contributed by atoms with E-state index in [1.807, 2.05) is 0 Å². The van der Waals surface area contributed by atoms with Crippen LogP contribution in [0.3, 0.4) is 0 Å². The zero-order valence-corrected chi connectivity index (χ0v) is 27.3. The molecule has 14 heteroatoms. The lowest BCUT2D eigenvalue weighted by Gasteiger charge is -2.40. The molecule has 2 aliphatic rings. The highest BCUT2D eigenvalue weighted by molar-refractivity contribution is 6.24. The van der Waals surface area contributed by atoms with Gasteiger partial charge in [0.1, 0.15) is 11.8 Å². The van der Waals surface area contributed by atoms with E-state index in [0.717, 1.165) is 4.90 Å². The third-order valence-electron chi connectivity index (χ3n) is 8.98. The predicted octanol–water partition coefficient (Wildman–Crippen LogP) is 2.86. The molecule has 0 radical (unpaired) electrons. The molecule has 0 saturated carbocycles. The minimum absolute atomic E-state index is 0.000325. The number of anilines is 3. The third-order valence-corrected chi connectivity index (χ3v) is 8.98. The second-order valence-electron chi connectivity index (χ2n) is 12.8. The Morgan fingerprint density at radius 1 is 0.898 bits per heavy atom. The Kier molecular flexibility index (Phi) is 9.25. The van der Waals surface area contributed by atoms with Gasteiger partial charge in [0, 0.05) is 23.2 Å². The van der Waals surface area contributed by atoms with Crippen LogP contribution in [-0.4, -0.2) is 64.4 Å². The Hall–Kier alpha value is -6.05. The van der Waals surface area contributed by atoms with E-state index in [2.05, 4.69) is 21.3 Å². The van der Waals surface area contributed by atoms with Crippen molar-refractivity contribution in [3.63, 3.8) is 0 Å². The monoisotopic (exact) mass is 668 g/mol. The van der Waals surface area contributed by atoms with E-state index in [4.69, 9.17) is 10.5 Å². The summed E-state index contributed by atoms with van der Waals surface area (Å²) in [6.07, 6.45) is -0.0196. The molecule has 0 spiro atoms. The van der Waals surface area contributed by atoms with Crippen molar-refractivity contribution in [3.8, 4) is 5.75 Å². The highest BCUT2D eigenvalue weighted by Crippen LogP contribution is 2.35. The number of amides is 7. The number of nitrogens with zero attached hydrogens (tertiary/aromatic N) is 1. The molecule has 1 unspecified atom stereocenters. The molecule has 5 rings (SSSR count). The van der Waals surface area contributed by atoms with Crippen molar-refractivity contribution in [2.24, 2.45) is 5.41 Å². The largest absolute Gasteiger partial charge is 0.483 e. The van der Waals surface area contributed by atoms with Crippen LogP contribution in [0.5, 0.6) is 5.75 Å². The second-order valence-corrected chi connectivity index (χ2v) is 12.8. The Bertz CT molecular complexity index is 1880. The Morgan fingerprint density at radius 3 is 2.27 bits per heavy atom. The van der Waals surface area contributed by atoms with E-state index in [9.17, 15) is 33.6 Å². The number of carbonyl (C=O) groups is 7. The van der Waals surface area contributed by atoms with Crippen LogP contribution in [0.1, 0.15) is 71.6 Å². The number of benzene rings is 3. The Morgan fingerprint density at radius 2 is 1.59 bits per heavy atom. The molecule has 0 aliphatic carbocycles. The van der Waals surface area contributed by atoms with Gasteiger partial charge in [-0.05, 0) is 82.6 Å². The highest BCUT2D eigenvalue weighted by atomic mass is 16.5. The summed E-state index contributed by atoms with van der Waals surface area (Å²) in [6.45, 7) is 6.12. The lowest BCUT2D eigenvalue weighted by molar-refractivity contribution is -0.136. The molecule has 3 aromatic rings. The quantitative estimate of drug-likeness (QED) is 0.159. The van der Waals surface area contributed by atoms with Crippen molar-refractivity contribution < 1.29 is 38.3 Å². The number of nitrogen functional groups attached to an aromatic ring is 1. The minimum Gasteiger partial charge on any atom is -0.483 e. The van der Waals surface area contributed by atoms with E-state index in [1.165, 1.54) is 18.2 Å². The first-order chi connectivity index (χ1) is 23.1. The summed E-state index contributed by atoms with van der Waals surface area (Å²) in [4.78, 5) is 90.4. The van der Waals surface area contributed by atoms with Crippen LogP contribution in [0.2, 0.25) is 0 Å². The number of hydrogen-bond acceptors (Lipinski definition) is 9. The van der Waals surface area contributed by atoms with Crippen LogP contribution >= 0.6 is 0 Å². The lowest BCUT2D eigenvalue weighted by Crippen LogP contribution is -2.59. The topological polar surface area (TPSA) is 206 Å². The molecule has 14 nitrogen and oxygen atoms in total. The zero-order valence-electron chi connectivity index (χ0n) is 27.3. The Labute approximate surface area is 281 Å². The first-order valence-corrected chi connectivity index (χ1v) is 15.5. The number of ether oxygens (including phenoxy) is 1. The van der Waals surface area contributed by atoms with Crippen molar-refractivity contribution in [2.45, 2.75) is 52.1 Å². The van der Waals surface area contributed by atoms with Crippen molar-refractivity contribution in [1.29, 1.82) is 0 Å². The standard InChI is InChI=1S/C35H36N6O8/c1-34(2,33(48)37-20-14-12-19(13-15-20)29(44)38-23-10-6-5-9-22(23)36)35(3,4)40-27(43)18-49-25-11-7-8-21-28(25)32(47)41(31(21)46)24-16-17-26(42)39-30(24)45/h5-15,24H,16-18,36H2,1-4H3,(H,37,48)(H,38,44)(H,40,43)(H,39,42,45). The number of rotatable bonds is 10. The summed E-state index contributed by atoms with van der Waals surface area (Å²) < 4.78 is 5.69. The number of para-hydroxylation sites is 2. The van der Waals surface area contributed by atoms with E-state index in [0.29, 0.717) is 22.6 Å². The molecule has 1 atom stereocenters. The SMILES string of the molecule is CC(C)(NC(=O)COc1cccc2c1C(=O)N(C1CCC(=O)NC1=O)C2=O)C(C)(C)C(=O)Nc1ccc(C(=O)Nc2ccccc2N)cc1.